The van der Waals surface area contributed by atoms with Gasteiger partial charge >= 0.3 is 6.18 Å². The first kappa shape index (κ1) is 23.2. The van der Waals surface area contributed by atoms with Crippen molar-refractivity contribution in [1.82, 2.24) is 19.3 Å². The van der Waals surface area contributed by atoms with E-state index in [4.69, 9.17) is 0 Å². The molecule has 1 amide bonds. The third-order valence-corrected chi connectivity index (χ3v) is 5.90. The second kappa shape index (κ2) is 9.87. The average molecular weight is 500 g/mol. The van der Waals surface area contributed by atoms with Crippen molar-refractivity contribution in [2.45, 2.75) is 35.2 Å². The third kappa shape index (κ3) is 6.74. The van der Waals surface area contributed by atoms with Crippen LogP contribution in [0.1, 0.15) is 12.8 Å². The zero-order chi connectivity index (χ0) is 23.4. The molecule has 174 valence electrons. The molecule has 0 bridgehead atoms. The van der Waals surface area contributed by atoms with E-state index >= 15 is 0 Å². The summed E-state index contributed by atoms with van der Waals surface area (Å²) in [6, 6.07) is 7.97. The molecule has 1 unspecified atom stereocenters. The summed E-state index contributed by atoms with van der Waals surface area (Å²) in [5.74, 6) is -0.101. The Bertz CT molecular complexity index is 1100. The van der Waals surface area contributed by atoms with Gasteiger partial charge in [-0.2, -0.15) is 17.5 Å². The minimum atomic E-state index is -4.57. The van der Waals surface area contributed by atoms with Crippen LogP contribution < -0.4 is 15.5 Å². The molecule has 1 saturated heterocycles. The lowest BCUT2D eigenvalue weighted by molar-refractivity contribution is -0.150. The van der Waals surface area contributed by atoms with Crippen LogP contribution in [0.5, 0.6) is 0 Å². The minimum absolute atomic E-state index is 0.242. The topological polar surface area (TPSA) is 95.9 Å². The van der Waals surface area contributed by atoms with Gasteiger partial charge in [0.2, 0.25) is 11.0 Å². The highest BCUT2D eigenvalue weighted by Gasteiger charge is 2.31. The van der Waals surface area contributed by atoms with Crippen molar-refractivity contribution in [2.24, 2.45) is 0 Å². The van der Waals surface area contributed by atoms with Crippen LogP contribution in [0.3, 0.4) is 0 Å². The van der Waals surface area contributed by atoms with Gasteiger partial charge in [-0.25, -0.2) is 19.3 Å². The number of hydrogen-bond acceptors (Lipinski definition) is 9. The molecule has 0 radical (unpaired) electrons. The van der Waals surface area contributed by atoms with Gasteiger partial charge < -0.3 is 15.5 Å². The van der Waals surface area contributed by atoms with Crippen molar-refractivity contribution in [3.63, 3.8) is 0 Å². The first-order chi connectivity index (χ1) is 15.7. The monoisotopic (exact) mass is 499 g/mol. The van der Waals surface area contributed by atoms with Gasteiger partial charge in [0, 0.05) is 34.7 Å². The SMILES string of the molecule is O=C(CC(F)(F)F)Nc1ccc(Sc2nc(Nc3ncns3)cc(N3CCC(F)C3)n2)cc1. The first-order valence-corrected chi connectivity index (χ1v) is 11.3. The summed E-state index contributed by atoms with van der Waals surface area (Å²) in [4.78, 5) is 27.1. The van der Waals surface area contributed by atoms with E-state index in [1.807, 2.05) is 4.90 Å². The Morgan fingerprint density at radius 2 is 2.03 bits per heavy atom. The van der Waals surface area contributed by atoms with Gasteiger partial charge in [-0.3, -0.25) is 4.79 Å². The number of amides is 1. The summed E-state index contributed by atoms with van der Waals surface area (Å²) >= 11 is 2.38. The van der Waals surface area contributed by atoms with E-state index in [2.05, 4.69) is 30.0 Å². The van der Waals surface area contributed by atoms with Crippen LogP contribution in [0.4, 0.5) is 40.0 Å². The second-order valence-corrected chi connectivity index (χ2v) is 8.88. The molecule has 1 fully saturated rings. The van der Waals surface area contributed by atoms with Crippen molar-refractivity contribution >= 4 is 51.7 Å². The molecule has 0 spiro atoms. The predicted octanol–water partition coefficient (Wildman–Crippen LogP) is 4.66. The highest BCUT2D eigenvalue weighted by atomic mass is 32.2. The van der Waals surface area contributed by atoms with E-state index in [0.717, 1.165) is 11.5 Å². The number of halogens is 4. The smallest absolute Gasteiger partial charge is 0.353 e. The van der Waals surface area contributed by atoms with Gasteiger partial charge in [0.25, 0.3) is 0 Å². The largest absolute Gasteiger partial charge is 0.397 e. The summed E-state index contributed by atoms with van der Waals surface area (Å²) in [6.07, 6.45) is -5.21. The molecule has 14 heteroatoms. The molecular formula is C19H17F4N7OS2. The number of carbonyl (C=O) groups is 1. The molecule has 8 nitrogen and oxygen atoms in total. The number of alkyl halides is 4. The van der Waals surface area contributed by atoms with E-state index < -0.39 is 24.7 Å². The van der Waals surface area contributed by atoms with Crippen LogP contribution >= 0.6 is 23.3 Å². The van der Waals surface area contributed by atoms with Crippen LogP contribution in [-0.4, -0.2) is 50.7 Å². The number of rotatable bonds is 7. The number of hydrogen-bond donors (Lipinski definition) is 2. The van der Waals surface area contributed by atoms with Crippen molar-refractivity contribution in [3.8, 4) is 0 Å². The van der Waals surface area contributed by atoms with Crippen molar-refractivity contribution in [1.29, 1.82) is 0 Å². The van der Waals surface area contributed by atoms with Crippen LogP contribution in [0, 0.1) is 0 Å². The lowest BCUT2D eigenvalue weighted by Crippen LogP contribution is -2.21. The van der Waals surface area contributed by atoms with E-state index in [1.54, 1.807) is 18.2 Å². The Morgan fingerprint density at radius 1 is 1.24 bits per heavy atom. The molecular weight excluding hydrogens is 482 g/mol. The average Bonchev–Trinajstić information content (AvgIpc) is 3.40. The van der Waals surface area contributed by atoms with Crippen LogP contribution in [0.2, 0.25) is 0 Å². The molecule has 0 aliphatic carbocycles. The first-order valence-electron chi connectivity index (χ1n) is 9.70. The molecule has 3 aromatic rings. The van der Waals surface area contributed by atoms with Crippen LogP contribution in [0.25, 0.3) is 0 Å². The number of aromatic nitrogens is 4. The van der Waals surface area contributed by atoms with E-state index in [0.29, 0.717) is 39.8 Å². The Morgan fingerprint density at radius 3 is 2.67 bits per heavy atom. The van der Waals surface area contributed by atoms with Crippen LogP contribution in [-0.2, 0) is 4.79 Å². The lowest BCUT2D eigenvalue weighted by Gasteiger charge is -2.18. The summed E-state index contributed by atoms with van der Waals surface area (Å²) in [6.45, 7) is 0.776. The summed E-state index contributed by atoms with van der Waals surface area (Å²) < 4.78 is 54.6. The molecule has 4 rings (SSSR count). The lowest BCUT2D eigenvalue weighted by atomic mass is 10.3. The number of benzene rings is 1. The number of nitrogens with one attached hydrogen (secondary N) is 2. The standard InChI is InChI=1S/C19H17F4N7OS2/c20-11-5-6-30(9-11)15-7-14(27-17-24-10-25-33-17)28-18(29-15)32-13-3-1-12(2-4-13)26-16(31)8-19(21,22)23/h1-4,7,10-11H,5-6,8-9H2,(H,26,31)(H,24,25,27,28,29). The van der Waals surface area contributed by atoms with Gasteiger partial charge in [0.05, 0.1) is 6.54 Å². The van der Waals surface area contributed by atoms with Gasteiger partial charge in [-0.05, 0) is 42.4 Å². The maximum absolute atomic E-state index is 13.7. The number of carbonyl (C=O) groups excluding carboxylic acids is 1. The van der Waals surface area contributed by atoms with Gasteiger partial charge in [0.15, 0.2) is 5.16 Å². The minimum Gasteiger partial charge on any atom is -0.353 e. The summed E-state index contributed by atoms with van der Waals surface area (Å²) in [5, 5.41) is 6.19. The highest BCUT2D eigenvalue weighted by molar-refractivity contribution is 7.99. The van der Waals surface area contributed by atoms with E-state index in [1.165, 1.54) is 30.2 Å². The zero-order valence-corrected chi connectivity index (χ0v) is 18.5. The molecule has 1 atom stereocenters. The van der Waals surface area contributed by atoms with Gasteiger partial charge in [0.1, 0.15) is 30.6 Å². The second-order valence-electron chi connectivity index (χ2n) is 7.06. The number of anilines is 4. The van der Waals surface area contributed by atoms with E-state index in [-0.39, 0.29) is 12.2 Å². The maximum atomic E-state index is 13.7. The van der Waals surface area contributed by atoms with Gasteiger partial charge in [-0.15, -0.1) is 0 Å². The summed E-state index contributed by atoms with van der Waals surface area (Å²) in [7, 11) is 0. The molecule has 0 saturated carbocycles. The fourth-order valence-electron chi connectivity index (χ4n) is 3.05. The van der Waals surface area contributed by atoms with Crippen LogP contribution in [0.15, 0.2) is 46.7 Å². The molecule has 2 N–H and O–H groups in total. The maximum Gasteiger partial charge on any atom is 0.397 e. The van der Waals surface area contributed by atoms with Crippen molar-refractivity contribution in [3.05, 3.63) is 36.7 Å². The Kier molecular flexibility index (Phi) is 6.93. The molecule has 1 aromatic carbocycles. The summed E-state index contributed by atoms with van der Waals surface area (Å²) in [5.41, 5.74) is 0.243. The van der Waals surface area contributed by atoms with E-state index in [9.17, 15) is 22.4 Å². The Labute approximate surface area is 194 Å². The van der Waals surface area contributed by atoms with Crippen molar-refractivity contribution in [2.75, 3.05) is 28.6 Å². The van der Waals surface area contributed by atoms with Gasteiger partial charge in [-0.1, -0.05) is 0 Å². The zero-order valence-electron chi connectivity index (χ0n) is 16.8. The van der Waals surface area contributed by atoms with Crippen molar-refractivity contribution < 1.29 is 22.4 Å². The third-order valence-electron chi connectivity index (χ3n) is 4.45. The number of nitrogens with zero attached hydrogens (tertiary/aromatic N) is 5. The highest BCUT2D eigenvalue weighted by Crippen LogP contribution is 2.31. The Hall–Kier alpha value is -3.00. The molecule has 33 heavy (non-hydrogen) atoms. The molecule has 1 aliphatic heterocycles. The fraction of sp³-hybridized carbons (Fsp3) is 0.316. The normalized spacial score (nSPS) is 16.1. The molecule has 2 aromatic heterocycles. The fourth-order valence-corrected chi connectivity index (χ4v) is 4.25. The molecule has 1 aliphatic rings. The predicted molar refractivity (Wildman–Crippen MR) is 117 cm³/mol. The molecule has 3 heterocycles. The Balaban J connectivity index is 1.49. The quantitative estimate of drug-likeness (QED) is 0.358.